The molecule has 5 aromatic heterocycles. The lowest BCUT2D eigenvalue weighted by Gasteiger charge is -2.53. The van der Waals surface area contributed by atoms with Gasteiger partial charge in [0.25, 0.3) is 6.43 Å². The molecule has 0 unspecified atom stereocenters. The SMILES string of the molecule is C[C@@H]1N(c2cc(C#Cc3cnc4cccnn34)cnc2O[C@H]2C[C@@H](C(=O)O)N(c3nc(C(F)F)nc4c3oc3ccccc34)C2)CCOC12COC2. The zero-order valence-electron chi connectivity index (χ0n) is 27.6. The number of carboxylic acid groups (broad SMARTS) is 1. The topological polar surface area (TPSA) is 153 Å². The number of hydrogen-bond donors (Lipinski definition) is 1. The molecule has 8 heterocycles. The monoisotopic (exact) mass is 708 g/mol. The summed E-state index contributed by atoms with van der Waals surface area (Å²) in [5.74, 6) is 4.65. The van der Waals surface area contributed by atoms with Crippen LogP contribution in [0.5, 0.6) is 5.88 Å². The van der Waals surface area contributed by atoms with Gasteiger partial charge in [0, 0.05) is 36.3 Å². The first-order valence-electron chi connectivity index (χ1n) is 16.7. The van der Waals surface area contributed by atoms with E-state index in [1.54, 1.807) is 53.4 Å². The number of rotatable bonds is 6. The van der Waals surface area contributed by atoms with Crippen molar-refractivity contribution in [2.75, 3.05) is 42.7 Å². The highest BCUT2D eigenvalue weighted by atomic mass is 19.3. The Bertz CT molecular complexity index is 2420. The predicted octanol–water partition coefficient (Wildman–Crippen LogP) is 4.26. The van der Waals surface area contributed by atoms with Crippen LogP contribution in [0.25, 0.3) is 27.7 Å². The van der Waals surface area contributed by atoms with Crippen LogP contribution < -0.4 is 14.5 Å². The van der Waals surface area contributed by atoms with E-state index in [9.17, 15) is 18.7 Å². The number of nitrogens with zero attached hydrogens (tertiary/aromatic N) is 8. The van der Waals surface area contributed by atoms with Gasteiger partial charge in [-0.3, -0.25) is 0 Å². The van der Waals surface area contributed by atoms with Crippen LogP contribution in [0.1, 0.15) is 36.9 Å². The molecule has 3 saturated heterocycles. The number of imidazole rings is 1. The van der Waals surface area contributed by atoms with Gasteiger partial charge >= 0.3 is 5.97 Å². The molecular formula is C36H30F2N8O6. The molecule has 1 spiro atoms. The summed E-state index contributed by atoms with van der Waals surface area (Å²) < 4.78 is 54.2. The van der Waals surface area contributed by atoms with Crippen LogP contribution in [0.4, 0.5) is 20.3 Å². The van der Waals surface area contributed by atoms with Crippen LogP contribution in [-0.4, -0.2) is 97.3 Å². The molecule has 52 heavy (non-hydrogen) atoms. The van der Waals surface area contributed by atoms with E-state index in [4.69, 9.17) is 23.6 Å². The summed E-state index contributed by atoms with van der Waals surface area (Å²) in [7, 11) is 0. The number of fused-ring (bicyclic) bond motifs is 4. The van der Waals surface area contributed by atoms with Gasteiger partial charge in [0.15, 0.2) is 22.9 Å². The van der Waals surface area contributed by atoms with Crippen LogP contribution in [0.3, 0.4) is 0 Å². The highest BCUT2D eigenvalue weighted by Crippen LogP contribution is 2.41. The van der Waals surface area contributed by atoms with E-state index in [0.29, 0.717) is 59.9 Å². The average Bonchev–Trinajstić information content (AvgIpc) is 3.86. The number of anilines is 2. The van der Waals surface area contributed by atoms with E-state index in [2.05, 4.69) is 43.7 Å². The smallest absolute Gasteiger partial charge is 0.326 e. The number of hydrogen-bond acceptors (Lipinski definition) is 12. The van der Waals surface area contributed by atoms with Gasteiger partial charge in [-0.15, -0.1) is 0 Å². The maximum Gasteiger partial charge on any atom is 0.326 e. The number of ether oxygens (including phenoxy) is 3. The van der Waals surface area contributed by atoms with Crippen molar-refractivity contribution in [3.8, 4) is 17.7 Å². The normalized spacial score (nSPS) is 21.2. The molecule has 9 rings (SSSR count). The van der Waals surface area contributed by atoms with Gasteiger partial charge in [-0.2, -0.15) is 5.10 Å². The third-order valence-electron chi connectivity index (χ3n) is 9.91. The zero-order valence-corrected chi connectivity index (χ0v) is 27.6. The second-order valence-electron chi connectivity index (χ2n) is 13.0. The molecule has 3 aliphatic heterocycles. The van der Waals surface area contributed by atoms with E-state index in [0.717, 1.165) is 0 Å². The Morgan fingerprint density at radius 1 is 1.10 bits per heavy atom. The first kappa shape index (κ1) is 32.0. The minimum Gasteiger partial charge on any atom is -0.480 e. The number of aliphatic carboxylic acids is 1. The molecule has 264 valence electrons. The molecule has 1 aromatic carbocycles. The fourth-order valence-electron chi connectivity index (χ4n) is 7.15. The van der Waals surface area contributed by atoms with Gasteiger partial charge < -0.3 is 33.5 Å². The molecule has 0 saturated carbocycles. The fourth-order valence-corrected chi connectivity index (χ4v) is 7.15. The van der Waals surface area contributed by atoms with Gasteiger partial charge in [0.2, 0.25) is 5.88 Å². The maximum absolute atomic E-state index is 14.1. The summed E-state index contributed by atoms with van der Waals surface area (Å²) in [5, 5.41) is 15.2. The largest absolute Gasteiger partial charge is 0.480 e. The maximum atomic E-state index is 14.1. The van der Waals surface area contributed by atoms with E-state index >= 15 is 0 Å². The first-order valence-corrected chi connectivity index (χ1v) is 16.7. The predicted molar refractivity (Wildman–Crippen MR) is 182 cm³/mol. The standard InChI is InChI=1S/C36H30F2N8O6/c1-20-36(18-49-19-36)50-12-11-44(20)25-13-21(8-9-22-16-39-28-7-4-10-41-46(22)28)15-40-34(25)51-23-14-26(35(47)48)45(17-23)33-30-29(42-32(43-33)31(37)38)24-5-2-3-6-27(24)52-30/h2-7,10,13,15-16,20,23,26,31H,11-12,14,17-19H2,1H3,(H,47,48)/t20-,23-,26-/m0/s1. The number of para-hydroxylation sites is 1. The molecule has 3 atom stereocenters. The lowest BCUT2D eigenvalue weighted by atomic mass is 9.90. The van der Waals surface area contributed by atoms with Crippen molar-refractivity contribution < 1.29 is 37.3 Å². The summed E-state index contributed by atoms with van der Waals surface area (Å²) in [6.45, 7) is 3.93. The third kappa shape index (κ3) is 5.31. The Kier molecular flexibility index (Phi) is 7.63. The number of carbonyl (C=O) groups is 1. The highest BCUT2D eigenvalue weighted by Gasteiger charge is 2.50. The summed E-state index contributed by atoms with van der Waals surface area (Å²) in [6.07, 6.45) is 1.21. The summed E-state index contributed by atoms with van der Waals surface area (Å²) in [6, 6.07) is 11.1. The molecule has 0 aliphatic carbocycles. The van der Waals surface area contributed by atoms with Gasteiger partial charge in [0.1, 0.15) is 40.2 Å². The number of alkyl halides is 2. The molecule has 0 bridgehead atoms. The lowest BCUT2D eigenvalue weighted by molar-refractivity contribution is -0.228. The third-order valence-corrected chi connectivity index (χ3v) is 9.91. The Morgan fingerprint density at radius 2 is 1.96 bits per heavy atom. The summed E-state index contributed by atoms with van der Waals surface area (Å²) in [4.78, 5) is 33.5. The van der Waals surface area contributed by atoms with E-state index in [1.165, 1.54) is 4.90 Å². The van der Waals surface area contributed by atoms with Crippen molar-refractivity contribution in [3.05, 3.63) is 78.1 Å². The number of morpholine rings is 1. The zero-order chi connectivity index (χ0) is 35.6. The molecule has 3 aliphatic rings. The van der Waals surface area contributed by atoms with Crippen LogP contribution in [-0.2, 0) is 14.3 Å². The second kappa shape index (κ2) is 12.4. The molecule has 16 heteroatoms. The van der Waals surface area contributed by atoms with E-state index < -0.39 is 36.0 Å². The minimum absolute atomic E-state index is 0.00318. The van der Waals surface area contributed by atoms with Crippen molar-refractivity contribution in [2.45, 2.75) is 43.6 Å². The molecule has 0 radical (unpaired) electrons. The van der Waals surface area contributed by atoms with Crippen molar-refractivity contribution in [2.24, 2.45) is 0 Å². The Hall–Kier alpha value is -5.92. The minimum atomic E-state index is -2.99. The van der Waals surface area contributed by atoms with Crippen molar-refractivity contribution >= 4 is 45.2 Å². The molecule has 14 nitrogen and oxygen atoms in total. The molecule has 1 N–H and O–H groups in total. The van der Waals surface area contributed by atoms with Crippen LogP contribution in [0.2, 0.25) is 0 Å². The van der Waals surface area contributed by atoms with E-state index in [-0.39, 0.29) is 41.8 Å². The second-order valence-corrected chi connectivity index (χ2v) is 13.0. The fraction of sp³-hybridized carbons (Fsp3) is 0.333. The number of aromatic nitrogens is 6. The van der Waals surface area contributed by atoms with Crippen molar-refractivity contribution in [1.82, 2.24) is 29.5 Å². The van der Waals surface area contributed by atoms with Gasteiger partial charge in [-0.25, -0.2) is 38.0 Å². The Labute approximate surface area is 293 Å². The number of carboxylic acids is 1. The average molecular weight is 709 g/mol. The summed E-state index contributed by atoms with van der Waals surface area (Å²) >= 11 is 0. The number of pyridine rings is 1. The Balaban J connectivity index is 1.08. The first-order chi connectivity index (χ1) is 25.3. The van der Waals surface area contributed by atoms with E-state index in [1.807, 2.05) is 12.1 Å². The number of furan rings is 1. The van der Waals surface area contributed by atoms with Gasteiger partial charge in [-0.05, 0) is 43.2 Å². The quantitative estimate of drug-likeness (QED) is 0.246. The number of benzene rings is 1. The van der Waals surface area contributed by atoms with Crippen LogP contribution >= 0.6 is 0 Å². The molecule has 3 fully saturated rings. The lowest BCUT2D eigenvalue weighted by Crippen LogP contribution is -2.68. The molecule has 0 amide bonds. The van der Waals surface area contributed by atoms with Crippen LogP contribution in [0, 0.1) is 11.8 Å². The van der Waals surface area contributed by atoms with Crippen molar-refractivity contribution in [1.29, 1.82) is 0 Å². The summed E-state index contributed by atoms with van der Waals surface area (Å²) in [5.41, 5.74) is 2.76. The molecule has 6 aromatic rings. The van der Waals surface area contributed by atoms with Crippen molar-refractivity contribution in [3.63, 3.8) is 0 Å². The number of halogens is 2. The van der Waals surface area contributed by atoms with Gasteiger partial charge in [-0.1, -0.05) is 18.1 Å². The van der Waals surface area contributed by atoms with Gasteiger partial charge in [0.05, 0.1) is 38.6 Å². The molecular weight excluding hydrogens is 678 g/mol. The highest BCUT2D eigenvalue weighted by molar-refractivity contribution is 6.06. The van der Waals surface area contributed by atoms with Crippen LogP contribution in [0.15, 0.2) is 65.5 Å². The Morgan fingerprint density at radius 3 is 2.77 bits per heavy atom.